The Morgan fingerprint density at radius 1 is 1.11 bits per heavy atom. The molecule has 0 aliphatic carbocycles. The Kier molecular flexibility index (Phi) is 7.55. The number of rotatable bonds is 8. The van der Waals surface area contributed by atoms with E-state index in [0.29, 0.717) is 0 Å². The van der Waals surface area contributed by atoms with E-state index in [2.05, 4.69) is 63.3 Å². The van der Waals surface area contributed by atoms with Crippen LogP contribution >= 0.6 is 11.8 Å². The largest absolute Gasteiger partial charge is 0.312 e. The fraction of sp³-hybridized carbons (Fsp3) is 0.647. The van der Waals surface area contributed by atoms with Crippen LogP contribution in [0.1, 0.15) is 47.0 Å². The van der Waals surface area contributed by atoms with Crippen LogP contribution in [0.25, 0.3) is 0 Å². The molecule has 0 amide bonds. The predicted octanol–water partition coefficient (Wildman–Crippen LogP) is 4.97. The molecule has 0 aliphatic rings. The minimum atomic E-state index is 0.235. The lowest BCUT2D eigenvalue weighted by atomic mass is 9.99. The highest BCUT2D eigenvalue weighted by molar-refractivity contribution is 7.99. The van der Waals surface area contributed by atoms with Crippen molar-refractivity contribution in [2.45, 2.75) is 57.4 Å². The molecule has 1 nitrogen and oxygen atoms in total. The number of benzene rings is 1. The number of thioether (sulfide) groups is 1. The molecule has 0 fully saturated rings. The van der Waals surface area contributed by atoms with Gasteiger partial charge in [0, 0.05) is 10.4 Å². The molecule has 1 N–H and O–H groups in total. The Morgan fingerprint density at radius 2 is 1.79 bits per heavy atom. The molecule has 0 saturated heterocycles. The van der Waals surface area contributed by atoms with Crippen molar-refractivity contribution in [3.63, 3.8) is 0 Å². The minimum Gasteiger partial charge on any atom is -0.312 e. The molecule has 0 heterocycles. The Morgan fingerprint density at radius 3 is 2.37 bits per heavy atom. The van der Waals surface area contributed by atoms with Gasteiger partial charge in [-0.1, -0.05) is 31.5 Å². The molecule has 1 unspecified atom stereocenters. The zero-order valence-corrected chi connectivity index (χ0v) is 13.7. The summed E-state index contributed by atoms with van der Waals surface area (Å²) in [5, 5.41) is 3.65. The Labute approximate surface area is 123 Å². The van der Waals surface area contributed by atoms with Crippen LogP contribution in [0.2, 0.25) is 0 Å². The standard InChI is InChI=1S/C17H29NS/c1-5-9-15(14-18-17(2,3)4)12-13-19-16-10-7-6-8-11-16/h6-8,10-11,15,18H,5,9,12-14H2,1-4H3. The summed E-state index contributed by atoms with van der Waals surface area (Å²) < 4.78 is 0. The van der Waals surface area contributed by atoms with E-state index in [-0.39, 0.29) is 5.54 Å². The zero-order chi connectivity index (χ0) is 14.1. The van der Waals surface area contributed by atoms with Crippen molar-refractivity contribution < 1.29 is 0 Å². The lowest BCUT2D eigenvalue weighted by Gasteiger charge is -2.25. The lowest BCUT2D eigenvalue weighted by molar-refractivity contribution is 0.352. The molecule has 0 aliphatic heterocycles. The van der Waals surface area contributed by atoms with Gasteiger partial charge in [0.2, 0.25) is 0 Å². The van der Waals surface area contributed by atoms with E-state index < -0.39 is 0 Å². The molecular formula is C17H29NS. The van der Waals surface area contributed by atoms with Crippen LogP contribution < -0.4 is 5.32 Å². The van der Waals surface area contributed by atoms with Crippen LogP contribution in [-0.2, 0) is 0 Å². The van der Waals surface area contributed by atoms with Crippen LogP contribution in [-0.4, -0.2) is 17.8 Å². The van der Waals surface area contributed by atoms with E-state index >= 15 is 0 Å². The molecule has 1 atom stereocenters. The van der Waals surface area contributed by atoms with Gasteiger partial charge in [-0.05, 0) is 64.0 Å². The normalized spacial score (nSPS) is 13.5. The predicted molar refractivity (Wildman–Crippen MR) is 87.9 cm³/mol. The van der Waals surface area contributed by atoms with Gasteiger partial charge in [-0.25, -0.2) is 0 Å². The minimum absolute atomic E-state index is 0.235. The number of nitrogens with one attached hydrogen (secondary N) is 1. The second-order valence-electron chi connectivity index (χ2n) is 6.24. The van der Waals surface area contributed by atoms with Gasteiger partial charge in [0.05, 0.1) is 0 Å². The average molecular weight is 279 g/mol. The Hall–Kier alpha value is -0.470. The van der Waals surface area contributed by atoms with E-state index in [1.807, 2.05) is 11.8 Å². The molecule has 0 aromatic heterocycles. The zero-order valence-electron chi connectivity index (χ0n) is 12.9. The monoisotopic (exact) mass is 279 g/mol. The van der Waals surface area contributed by atoms with E-state index in [4.69, 9.17) is 0 Å². The molecule has 108 valence electrons. The third kappa shape index (κ3) is 8.33. The quantitative estimate of drug-likeness (QED) is 0.674. The first-order valence-corrected chi connectivity index (χ1v) is 8.42. The highest BCUT2D eigenvalue weighted by atomic mass is 32.2. The first-order valence-electron chi connectivity index (χ1n) is 7.44. The van der Waals surface area contributed by atoms with E-state index in [1.165, 1.54) is 29.9 Å². The van der Waals surface area contributed by atoms with E-state index in [1.54, 1.807) is 0 Å². The highest BCUT2D eigenvalue weighted by Gasteiger charge is 2.13. The van der Waals surface area contributed by atoms with Crippen LogP contribution in [0, 0.1) is 5.92 Å². The fourth-order valence-electron chi connectivity index (χ4n) is 2.07. The summed E-state index contributed by atoms with van der Waals surface area (Å²) >= 11 is 1.98. The summed E-state index contributed by atoms with van der Waals surface area (Å²) in [5.41, 5.74) is 0.235. The van der Waals surface area contributed by atoms with Crippen molar-refractivity contribution in [2.75, 3.05) is 12.3 Å². The van der Waals surface area contributed by atoms with Crippen LogP contribution in [0.4, 0.5) is 0 Å². The van der Waals surface area contributed by atoms with Crippen molar-refractivity contribution in [2.24, 2.45) is 5.92 Å². The molecule has 0 bridgehead atoms. The van der Waals surface area contributed by atoms with Gasteiger partial charge in [0.1, 0.15) is 0 Å². The van der Waals surface area contributed by atoms with Gasteiger partial charge in [0.25, 0.3) is 0 Å². The molecule has 1 aromatic rings. The maximum Gasteiger partial charge on any atom is 0.00966 e. The third-order valence-electron chi connectivity index (χ3n) is 3.16. The molecule has 0 spiro atoms. The summed E-state index contributed by atoms with van der Waals surface area (Å²) in [7, 11) is 0. The molecule has 0 saturated carbocycles. The van der Waals surface area contributed by atoms with Gasteiger partial charge in [-0.15, -0.1) is 11.8 Å². The maximum atomic E-state index is 3.65. The maximum absolute atomic E-state index is 3.65. The van der Waals surface area contributed by atoms with Crippen molar-refractivity contribution in [3.8, 4) is 0 Å². The van der Waals surface area contributed by atoms with Crippen molar-refractivity contribution in [3.05, 3.63) is 30.3 Å². The van der Waals surface area contributed by atoms with Gasteiger partial charge >= 0.3 is 0 Å². The molecular weight excluding hydrogens is 250 g/mol. The van der Waals surface area contributed by atoms with Crippen LogP contribution in [0.5, 0.6) is 0 Å². The summed E-state index contributed by atoms with van der Waals surface area (Å²) in [6.07, 6.45) is 3.92. The second kappa shape index (κ2) is 8.65. The molecule has 0 radical (unpaired) electrons. The summed E-state index contributed by atoms with van der Waals surface area (Å²) in [6.45, 7) is 10.2. The second-order valence-corrected chi connectivity index (χ2v) is 7.40. The number of hydrogen-bond donors (Lipinski definition) is 1. The smallest absolute Gasteiger partial charge is 0.00966 e. The SMILES string of the molecule is CCCC(CCSc1ccccc1)CNC(C)(C)C. The fourth-order valence-corrected chi connectivity index (χ4v) is 3.10. The summed E-state index contributed by atoms with van der Waals surface area (Å²) in [6, 6.07) is 10.7. The number of hydrogen-bond acceptors (Lipinski definition) is 2. The van der Waals surface area contributed by atoms with Crippen molar-refractivity contribution in [1.29, 1.82) is 0 Å². The van der Waals surface area contributed by atoms with E-state index in [9.17, 15) is 0 Å². The van der Waals surface area contributed by atoms with E-state index in [0.717, 1.165) is 12.5 Å². The molecule has 1 aromatic carbocycles. The van der Waals surface area contributed by atoms with Gasteiger partial charge in [0.15, 0.2) is 0 Å². The first-order chi connectivity index (χ1) is 9.01. The molecule has 19 heavy (non-hydrogen) atoms. The van der Waals surface area contributed by atoms with Gasteiger partial charge in [-0.2, -0.15) is 0 Å². The Bertz CT molecular complexity index is 329. The molecule has 2 heteroatoms. The topological polar surface area (TPSA) is 12.0 Å². The Balaban J connectivity index is 2.29. The third-order valence-corrected chi connectivity index (χ3v) is 4.20. The van der Waals surface area contributed by atoms with Crippen LogP contribution in [0.3, 0.4) is 0 Å². The summed E-state index contributed by atoms with van der Waals surface area (Å²) in [5.74, 6) is 2.03. The summed E-state index contributed by atoms with van der Waals surface area (Å²) in [4.78, 5) is 1.39. The molecule has 1 rings (SSSR count). The lowest BCUT2D eigenvalue weighted by Crippen LogP contribution is -2.39. The highest BCUT2D eigenvalue weighted by Crippen LogP contribution is 2.21. The van der Waals surface area contributed by atoms with Gasteiger partial charge < -0.3 is 5.32 Å². The van der Waals surface area contributed by atoms with Crippen molar-refractivity contribution >= 4 is 11.8 Å². The van der Waals surface area contributed by atoms with Gasteiger partial charge in [-0.3, -0.25) is 0 Å². The first kappa shape index (κ1) is 16.6. The van der Waals surface area contributed by atoms with Crippen LogP contribution in [0.15, 0.2) is 35.2 Å². The van der Waals surface area contributed by atoms with Crippen molar-refractivity contribution in [1.82, 2.24) is 5.32 Å². The average Bonchev–Trinajstić information content (AvgIpc) is 2.36.